The fourth-order valence-corrected chi connectivity index (χ4v) is 2.27. The van der Waals surface area contributed by atoms with Crippen molar-refractivity contribution in [1.82, 2.24) is 9.47 Å². The average Bonchev–Trinajstić information content (AvgIpc) is 2.75. The Hall–Kier alpha value is -1.09. The molecule has 0 bridgehead atoms. The smallest absolute Gasteiger partial charge is 0.176 e. The maximum Gasteiger partial charge on any atom is 0.176 e. The minimum absolute atomic E-state index is 0.144. The molecule has 0 saturated carbocycles. The second-order valence-electron chi connectivity index (χ2n) is 4.38. The monoisotopic (exact) mass is 206 g/mol. The number of rotatable bonds is 3. The average molecular weight is 206 g/mol. The SMILES string of the molecule is CC(=O)c1cc(CN2CCCC2)cn1C. The van der Waals surface area contributed by atoms with Crippen LogP contribution in [0.1, 0.15) is 35.8 Å². The summed E-state index contributed by atoms with van der Waals surface area (Å²) in [6.07, 6.45) is 4.69. The zero-order valence-corrected chi connectivity index (χ0v) is 9.49. The molecule has 3 heteroatoms. The van der Waals surface area contributed by atoms with Crippen LogP contribution in [0.2, 0.25) is 0 Å². The molecular formula is C12H18N2O. The van der Waals surface area contributed by atoms with E-state index in [9.17, 15) is 4.79 Å². The molecule has 3 nitrogen and oxygen atoms in total. The van der Waals surface area contributed by atoms with Crippen molar-refractivity contribution in [2.45, 2.75) is 26.3 Å². The lowest BCUT2D eigenvalue weighted by Crippen LogP contribution is -2.17. The number of aryl methyl sites for hydroxylation is 1. The second kappa shape index (κ2) is 4.19. The number of carbonyl (C=O) groups excluding carboxylic acids is 1. The van der Waals surface area contributed by atoms with Crippen LogP contribution in [0.15, 0.2) is 12.3 Å². The molecule has 0 aliphatic carbocycles. The summed E-state index contributed by atoms with van der Waals surface area (Å²) in [5.74, 6) is 0.144. The Morgan fingerprint density at radius 2 is 2.07 bits per heavy atom. The maximum absolute atomic E-state index is 11.3. The second-order valence-corrected chi connectivity index (χ2v) is 4.38. The van der Waals surface area contributed by atoms with Gasteiger partial charge in [0.2, 0.25) is 0 Å². The Labute approximate surface area is 90.7 Å². The van der Waals surface area contributed by atoms with Gasteiger partial charge in [0.1, 0.15) is 0 Å². The molecule has 0 radical (unpaired) electrons. The topological polar surface area (TPSA) is 25.2 Å². The Bertz CT molecular complexity index is 362. The van der Waals surface area contributed by atoms with Crippen LogP contribution in [0.4, 0.5) is 0 Å². The number of hydrogen-bond donors (Lipinski definition) is 0. The van der Waals surface area contributed by atoms with Crippen molar-refractivity contribution >= 4 is 5.78 Å². The van der Waals surface area contributed by atoms with Gasteiger partial charge in [-0.3, -0.25) is 9.69 Å². The lowest BCUT2D eigenvalue weighted by atomic mass is 10.2. The summed E-state index contributed by atoms with van der Waals surface area (Å²) in [5, 5.41) is 0. The number of Topliss-reactive ketones (excluding diaryl/α,β-unsaturated/α-hetero) is 1. The predicted molar refractivity (Wildman–Crippen MR) is 59.9 cm³/mol. The molecule has 1 fully saturated rings. The molecule has 1 aliphatic heterocycles. The third-order valence-electron chi connectivity index (χ3n) is 3.03. The molecule has 2 rings (SSSR count). The normalized spacial score (nSPS) is 17.2. The highest BCUT2D eigenvalue weighted by molar-refractivity contribution is 5.92. The first-order valence-electron chi connectivity index (χ1n) is 5.55. The van der Waals surface area contributed by atoms with Gasteiger partial charge < -0.3 is 4.57 Å². The van der Waals surface area contributed by atoms with Gasteiger partial charge in [0.15, 0.2) is 5.78 Å². The van der Waals surface area contributed by atoms with Crippen molar-refractivity contribution in [2.75, 3.05) is 13.1 Å². The van der Waals surface area contributed by atoms with E-state index in [1.165, 1.54) is 31.5 Å². The van der Waals surface area contributed by atoms with Gasteiger partial charge in [-0.1, -0.05) is 0 Å². The van der Waals surface area contributed by atoms with E-state index >= 15 is 0 Å². The van der Waals surface area contributed by atoms with Crippen LogP contribution >= 0.6 is 0 Å². The van der Waals surface area contributed by atoms with Crippen molar-refractivity contribution in [3.63, 3.8) is 0 Å². The highest BCUT2D eigenvalue weighted by Crippen LogP contribution is 2.15. The van der Waals surface area contributed by atoms with E-state index in [0.29, 0.717) is 0 Å². The van der Waals surface area contributed by atoms with Crippen LogP contribution in [0, 0.1) is 0 Å². The Balaban J connectivity index is 2.08. The molecule has 1 aliphatic rings. The fraction of sp³-hybridized carbons (Fsp3) is 0.583. The van der Waals surface area contributed by atoms with Crippen molar-refractivity contribution < 1.29 is 4.79 Å². The van der Waals surface area contributed by atoms with Gasteiger partial charge in [0.05, 0.1) is 5.69 Å². The first-order valence-corrected chi connectivity index (χ1v) is 5.55. The molecule has 1 aromatic heterocycles. The number of aromatic nitrogens is 1. The summed E-state index contributed by atoms with van der Waals surface area (Å²) in [4.78, 5) is 13.7. The fourth-order valence-electron chi connectivity index (χ4n) is 2.27. The van der Waals surface area contributed by atoms with Crippen molar-refractivity contribution in [1.29, 1.82) is 0 Å². The van der Waals surface area contributed by atoms with E-state index in [4.69, 9.17) is 0 Å². The number of ketones is 1. The summed E-state index contributed by atoms with van der Waals surface area (Å²) in [6, 6.07) is 2.01. The molecule has 1 saturated heterocycles. The molecule has 0 atom stereocenters. The Kier molecular flexibility index (Phi) is 2.91. The molecule has 1 aromatic rings. The highest BCUT2D eigenvalue weighted by atomic mass is 16.1. The van der Waals surface area contributed by atoms with Crippen LogP contribution in [-0.4, -0.2) is 28.3 Å². The van der Waals surface area contributed by atoms with Crippen molar-refractivity contribution in [2.24, 2.45) is 7.05 Å². The molecule has 2 heterocycles. The Morgan fingerprint density at radius 3 is 2.60 bits per heavy atom. The van der Waals surface area contributed by atoms with Gasteiger partial charge in [-0.15, -0.1) is 0 Å². The largest absolute Gasteiger partial charge is 0.348 e. The number of nitrogens with zero attached hydrogens (tertiary/aromatic N) is 2. The van der Waals surface area contributed by atoms with Crippen LogP contribution in [0.5, 0.6) is 0 Å². The number of carbonyl (C=O) groups is 1. The third kappa shape index (κ3) is 2.29. The summed E-state index contributed by atoms with van der Waals surface area (Å²) in [5.41, 5.74) is 2.06. The first-order chi connectivity index (χ1) is 7.16. The van der Waals surface area contributed by atoms with Gasteiger partial charge in [-0.05, 0) is 37.6 Å². The van der Waals surface area contributed by atoms with E-state index in [-0.39, 0.29) is 5.78 Å². The van der Waals surface area contributed by atoms with E-state index in [1.54, 1.807) is 6.92 Å². The van der Waals surface area contributed by atoms with Gasteiger partial charge >= 0.3 is 0 Å². The molecule has 82 valence electrons. The van der Waals surface area contributed by atoms with Crippen LogP contribution in [0.25, 0.3) is 0 Å². The zero-order valence-electron chi connectivity index (χ0n) is 9.49. The molecular weight excluding hydrogens is 188 g/mol. The van der Waals surface area contributed by atoms with Gasteiger partial charge in [-0.2, -0.15) is 0 Å². The lowest BCUT2D eigenvalue weighted by Gasteiger charge is -2.12. The molecule has 0 unspecified atom stereocenters. The molecule has 0 N–H and O–H groups in total. The molecule has 0 amide bonds. The van der Waals surface area contributed by atoms with Crippen LogP contribution in [0.3, 0.4) is 0 Å². The first kappa shape index (κ1) is 10.4. The number of hydrogen-bond acceptors (Lipinski definition) is 2. The summed E-state index contributed by atoms with van der Waals surface area (Å²) in [6.45, 7) is 5.00. The van der Waals surface area contributed by atoms with Crippen molar-refractivity contribution in [3.05, 3.63) is 23.5 Å². The minimum Gasteiger partial charge on any atom is -0.348 e. The highest BCUT2D eigenvalue weighted by Gasteiger charge is 2.14. The van der Waals surface area contributed by atoms with E-state index < -0.39 is 0 Å². The van der Waals surface area contributed by atoms with E-state index in [2.05, 4.69) is 11.1 Å². The number of likely N-dealkylation sites (tertiary alicyclic amines) is 1. The van der Waals surface area contributed by atoms with Gasteiger partial charge in [0, 0.05) is 26.7 Å². The lowest BCUT2D eigenvalue weighted by molar-refractivity contribution is 0.101. The Morgan fingerprint density at radius 1 is 1.40 bits per heavy atom. The maximum atomic E-state index is 11.3. The summed E-state index contributed by atoms with van der Waals surface area (Å²) >= 11 is 0. The molecule has 0 aromatic carbocycles. The molecule has 0 spiro atoms. The zero-order chi connectivity index (χ0) is 10.8. The van der Waals surface area contributed by atoms with Gasteiger partial charge in [0.25, 0.3) is 0 Å². The summed E-state index contributed by atoms with van der Waals surface area (Å²) in [7, 11) is 1.93. The van der Waals surface area contributed by atoms with Crippen LogP contribution < -0.4 is 0 Å². The minimum atomic E-state index is 0.144. The quantitative estimate of drug-likeness (QED) is 0.705. The predicted octanol–water partition coefficient (Wildman–Crippen LogP) is 1.82. The van der Waals surface area contributed by atoms with E-state index in [1.807, 2.05) is 17.7 Å². The van der Waals surface area contributed by atoms with E-state index in [0.717, 1.165) is 12.2 Å². The van der Waals surface area contributed by atoms with Crippen molar-refractivity contribution in [3.8, 4) is 0 Å². The standard InChI is InChI=1S/C12H18N2O/c1-10(15)12-7-11(8-13(12)2)9-14-5-3-4-6-14/h7-8H,3-6,9H2,1-2H3. The van der Waals surface area contributed by atoms with Crippen LogP contribution in [-0.2, 0) is 13.6 Å². The van der Waals surface area contributed by atoms with Gasteiger partial charge in [-0.25, -0.2) is 0 Å². The summed E-state index contributed by atoms with van der Waals surface area (Å²) < 4.78 is 1.92. The third-order valence-corrected chi connectivity index (χ3v) is 3.03. The molecule has 15 heavy (non-hydrogen) atoms.